The standard InChI is InChI=1S/C8H12/c1-6-3-7-5-8(7,2)4-6/h3,7H,4-5H2,1-2H3/t7-,8-/m1/s1. The van der Waals surface area contributed by atoms with Crippen LogP contribution in [0.4, 0.5) is 0 Å². The molecule has 2 atom stereocenters. The zero-order chi connectivity index (χ0) is 5.78. The second-order valence-corrected chi connectivity index (χ2v) is 3.65. The van der Waals surface area contributed by atoms with E-state index in [-0.39, 0.29) is 0 Å². The third-order valence-electron chi connectivity index (χ3n) is 2.59. The lowest BCUT2D eigenvalue weighted by Gasteiger charge is -2.00. The van der Waals surface area contributed by atoms with Crippen molar-refractivity contribution in [1.29, 1.82) is 0 Å². The molecule has 0 aromatic rings. The Morgan fingerprint density at radius 1 is 1.75 bits per heavy atom. The zero-order valence-electron chi connectivity index (χ0n) is 5.57. The number of hydrogen-bond donors (Lipinski definition) is 0. The predicted molar refractivity (Wildman–Crippen MR) is 34.6 cm³/mol. The van der Waals surface area contributed by atoms with Gasteiger partial charge in [0.2, 0.25) is 0 Å². The fourth-order valence-electron chi connectivity index (χ4n) is 1.95. The molecule has 0 N–H and O–H groups in total. The zero-order valence-corrected chi connectivity index (χ0v) is 5.57. The maximum absolute atomic E-state index is 2.44. The van der Waals surface area contributed by atoms with E-state index >= 15 is 0 Å². The van der Waals surface area contributed by atoms with Crippen molar-refractivity contribution < 1.29 is 0 Å². The summed E-state index contributed by atoms with van der Waals surface area (Å²) in [5.41, 5.74) is 2.35. The Morgan fingerprint density at radius 3 is 2.75 bits per heavy atom. The molecule has 0 amide bonds. The SMILES string of the molecule is CC1=C[C@@H]2C[C@@]2(C)C1. The van der Waals surface area contributed by atoms with Gasteiger partial charge in [-0.25, -0.2) is 0 Å². The van der Waals surface area contributed by atoms with Crippen LogP contribution < -0.4 is 0 Å². The van der Waals surface area contributed by atoms with Crippen LogP contribution in [-0.2, 0) is 0 Å². The molecule has 0 nitrogen and oxygen atoms in total. The molecule has 0 spiro atoms. The first-order valence-electron chi connectivity index (χ1n) is 3.38. The Morgan fingerprint density at radius 2 is 2.50 bits per heavy atom. The fourth-order valence-corrected chi connectivity index (χ4v) is 1.95. The van der Waals surface area contributed by atoms with Crippen molar-refractivity contribution in [3.63, 3.8) is 0 Å². The van der Waals surface area contributed by atoms with Gasteiger partial charge < -0.3 is 0 Å². The normalized spacial score (nSPS) is 50.8. The van der Waals surface area contributed by atoms with E-state index in [1.807, 2.05) is 0 Å². The molecule has 1 fully saturated rings. The van der Waals surface area contributed by atoms with Crippen LogP contribution in [0.5, 0.6) is 0 Å². The van der Waals surface area contributed by atoms with E-state index in [4.69, 9.17) is 0 Å². The van der Waals surface area contributed by atoms with Crippen molar-refractivity contribution in [2.75, 3.05) is 0 Å². The lowest BCUT2D eigenvalue weighted by atomic mass is 10.0. The van der Waals surface area contributed by atoms with Gasteiger partial charge in [0.1, 0.15) is 0 Å². The van der Waals surface area contributed by atoms with Crippen molar-refractivity contribution >= 4 is 0 Å². The molecule has 2 aliphatic rings. The summed E-state index contributed by atoms with van der Waals surface area (Å²) in [6, 6.07) is 0. The van der Waals surface area contributed by atoms with Crippen LogP contribution in [0, 0.1) is 11.3 Å². The first-order valence-corrected chi connectivity index (χ1v) is 3.38. The average molecular weight is 108 g/mol. The van der Waals surface area contributed by atoms with Gasteiger partial charge in [-0.1, -0.05) is 18.6 Å². The molecule has 0 saturated heterocycles. The van der Waals surface area contributed by atoms with Crippen molar-refractivity contribution in [2.45, 2.75) is 26.7 Å². The van der Waals surface area contributed by atoms with Crippen LogP contribution in [0.1, 0.15) is 26.7 Å². The lowest BCUT2D eigenvalue weighted by molar-refractivity contribution is 0.563. The molecule has 0 aromatic heterocycles. The van der Waals surface area contributed by atoms with Gasteiger partial charge in [-0.3, -0.25) is 0 Å². The van der Waals surface area contributed by atoms with Gasteiger partial charge in [0.05, 0.1) is 0 Å². The maximum Gasteiger partial charge on any atom is -0.0168 e. The van der Waals surface area contributed by atoms with Gasteiger partial charge in [0.15, 0.2) is 0 Å². The summed E-state index contributed by atoms with van der Waals surface area (Å²) in [5, 5.41) is 0. The summed E-state index contributed by atoms with van der Waals surface area (Å²) in [6.07, 6.45) is 5.28. The molecule has 0 heteroatoms. The van der Waals surface area contributed by atoms with E-state index in [2.05, 4.69) is 19.9 Å². The molecule has 0 aliphatic heterocycles. The molecule has 44 valence electrons. The Balaban J connectivity index is 2.24. The summed E-state index contributed by atoms with van der Waals surface area (Å²) < 4.78 is 0. The summed E-state index contributed by atoms with van der Waals surface area (Å²) in [5.74, 6) is 0.975. The Bertz CT molecular complexity index is 155. The van der Waals surface area contributed by atoms with Crippen LogP contribution in [0.25, 0.3) is 0 Å². The summed E-state index contributed by atoms with van der Waals surface area (Å²) in [6.45, 7) is 4.64. The van der Waals surface area contributed by atoms with Gasteiger partial charge in [-0.2, -0.15) is 0 Å². The van der Waals surface area contributed by atoms with Crippen LogP contribution in [-0.4, -0.2) is 0 Å². The molecular weight excluding hydrogens is 96.1 g/mol. The molecule has 0 aromatic carbocycles. The van der Waals surface area contributed by atoms with Gasteiger partial charge in [0, 0.05) is 0 Å². The Kier molecular flexibility index (Phi) is 0.588. The largest absolute Gasteiger partial charge is 0.0819 e. The highest BCUT2D eigenvalue weighted by Crippen LogP contribution is 2.61. The smallest absolute Gasteiger partial charge is 0.0168 e. The first kappa shape index (κ1) is 4.60. The van der Waals surface area contributed by atoms with Crippen molar-refractivity contribution in [3.05, 3.63) is 11.6 Å². The third kappa shape index (κ3) is 0.410. The van der Waals surface area contributed by atoms with Crippen molar-refractivity contribution in [1.82, 2.24) is 0 Å². The molecular formula is C8H12. The van der Waals surface area contributed by atoms with E-state index < -0.39 is 0 Å². The molecule has 0 radical (unpaired) electrons. The second kappa shape index (κ2) is 1.02. The maximum atomic E-state index is 2.44. The van der Waals surface area contributed by atoms with E-state index in [0.29, 0.717) is 0 Å². The minimum absolute atomic E-state index is 0.740. The molecule has 0 bridgehead atoms. The van der Waals surface area contributed by atoms with Crippen molar-refractivity contribution in [2.24, 2.45) is 11.3 Å². The fraction of sp³-hybridized carbons (Fsp3) is 0.750. The van der Waals surface area contributed by atoms with Gasteiger partial charge in [-0.05, 0) is 31.1 Å². The van der Waals surface area contributed by atoms with Crippen LogP contribution in [0.3, 0.4) is 0 Å². The second-order valence-electron chi connectivity index (χ2n) is 3.65. The summed E-state index contributed by atoms with van der Waals surface area (Å²) in [4.78, 5) is 0. The van der Waals surface area contributed by atoms with E-state index in [1.165, 1.54) is 12.8 Å². The predicted octanol–water partition coefficient (Wildman–Crippen LogP) is 2.36. The highest BCUT2D eigenvalue weighted by atomic mass is 14.6. The molecule has 2 rings (SSSR count). The number of allylic oxidation sites excluding steroid dienone is 2. The average Bonchev–Trinajstić information content (AvgIpc) is 2.07. The van der Waals surface area contributed by atoms with Crippen LogP contribution >= 0.6 is 0 Å². The Hall–Kier alpha value is -0.260. The Labute approximate surface area is 50.6 Å². The molecule has 1 saturated carbocycles. The molecule has 2 aliphatic carbocycles. The minimum atomic E-state index is 0.740. The highest BCUT2D eigenvalue weighted by molar-refractivity contribution is 5.25. The quantitative estimate of drug-likeness (QED) is 0.418. The van der Waals surface area contributed by atoms with Crippen LogP contribution in [0.15, 0.2) is 11.6 Å². The highest BCUT2D eigenvalue weighted by Gasteiger charge is 2.51. The monoisotopic (exact) mass is 108 g/mol. The minimum Gasteiger partial charge on any atom is -0.0819 e. The molecule has 8 heavy (non-hydrogen) atoms. The van der Waals surface area contributed by atoms with Crippen LogP contribution in [0.2, 0.25) is 0 Å². The van der Waals surface area contributed by atoms with Gasteiger partial charge in [0.25, 0.3) is 0 Å². The number of rotatable bonds is 0. The van der Waals surface area contributed by atoms with E-state index in [1.54, 1.807) is 5.57 Å². The summed E-state index contributed by atoms with van der Waals surface area (Å²) in [7, 11) is 0. The number of hydrogen-bond acceptors (Lipinski definition) is 0. The number of fused-ring (bicyclic) bond motifs is 1. The third-order valence-corrected chi connectivity index (χ3v) is 2.59. The lowest BCUT2D eigenvalue weighted by Crippen LogP contribution is -1.89. The van der Waals surface area contributed by atoms with Gasteiger partial charge in [-0.15, -0.1) is 0 Å². The van der Waals surface area contributed by atoms with E-state index in [0.717, 1.165) is 11.3 Å². The molecule has 0 unspecified atom stereocenters. The first-order chi connectivity index (χ1) is 3.71. The van der Waals surface area contributed by atoms with Crippen molar-refractivity contribution in [3.8, 4) is 0 Å². The topological polar surface area (TPSA) is 0 Å². The van der Waals surface area contributed by atoms with E-state index in [9.17, 15) is 0 Å². The molecule has 0 heterocycles. The summed E-state index contributed by atoms with van der Waals surface area (Å²) >= 11 is 0. The van der Waals surface area contributed by atoms with Gasteiger partial charge >= 0.3 is 0 Å².